The molecule has 1 aromatic heterocycles. The molecule has 0 aliphatic rings. The van der Waals surface area contributed by atoms with Crippen molar-refractivity contribution in [1.29, 1.82) is 0 Å². The first-order valence-corrected chi connectivity index (χ1v) is 2.21. The first-order valence-electron chi connectivity index (χ1n) is 2.21. The minimum Gasteiger partial charge on any atom is -0.494 e. The number of rotatable bonds is 1. The molecule has 0 saturated heterocycles. The van der Waals surface area contributed by atoms with Crippen LogP contribution in [0.25, 0.3) is 0 Å². The second-order valence-electron chi connectivity index (χ2n) is 1.24. The number of hydrogen-bond acceptors (Lipinski definition) is 2. The lowest BCUT2D eigenvalue weighted by Gasteiger charge is -1.92. The van der Waals surface area contributed by atoms with E-state index in [2.05, 4.69) is 17.2 Å². The summed E-state index contributed by atoms with van der Waals surface area (Å²) in [4.78, 5) is 3.67. The second-order valence-corrected chi connectivity index (χ2v) is 1.24. The van der Waals surface area contributed by atoms with Gasteiger partial charge in [0, 0.05) is 6.07 Å². The van der Waals surface area contributed by atoms with Gasteiger partial charge in [-0.25, -0.2) is 0 Å². The predicted octanol–water partition coefficient (Wildman–Crippen LogP) is 0.691. The highest BCUT2D eigenvalue weighted by Crippen LogP contribution is 2.01. The molecule has 0 aromatic carbocycles. The van der Waals surface area contributed by atoms with E-state index in [1.54, 1.807) is 19.4 Å². The molecular formula is C6H5NO. The van der Waals surface area contributed by atoms with Gasteiger partial charge in [-0.3, -0.25) is 4.98 Å². The molecule has 1 aromatic rings. The van der Waals surface area contributed by atoms with Gasteiger partial charge in [0.05, 0.1) is 19.5 Å². The van der Waals surface area contributed by atoms with Gasteiger partial charge in [-0.05, 0) is 6.07 Å². The molecule has 1 heterocycles. The highest BCUT2D eigenvalue weighted by atomic mass is 16.5. The van der Waals surface area contributed by atoms with Crippen molar-refractivity contribution in [2.75, 3.05) is 7.11 Å². The van der Waals surface area contributed by atoms with E-state index in [9.17, 15) is 0 Å². The van der Waals surface area contributed by atoms with Crippen LogP contribution in [-0.2, 0) is 0 Å². The fourth-order valence-electron chi connectivity index (χ4n) is 0.385. The van der Waals surface area contributed by atoms with E-state index in [0.717, 1.165) is 0 Å². The number of ether oxygens (including phenoxy) is 1. The van der Waals surface area contributed by atoms with Crippen molar-refractivity contribution in [2.24, 2.45) is 0 Å². The maximum Gasteiger partial charge on any atom is 0.145 e. The van der Waals surface area contributed by atoms with Gasteiger partial charge in [0.1, 0.15) is 5.75 Å². The Morgan fingerprint density at radius 2 is 2.62 bits per heavy atom. The minimum atomic E-state index is 0.642. The van der Waals surface area contributed by atoms with Crippen LogP contribution in [0.3, 0.4) is 0 Å². The van der Waals surface area contributed by atoms with Crippen LogP contribution in [0, 0.1) is 12.3 Å². The summed E-state index contributed by atoms with van der Waals surface area (Å²) in [5.41, 5.74) is 0. The van der Waals surface area contributed by atoms with E-state index in [1.165, 1.54) is 0 Å². The Labute approximate surface area is 48.1 Å². The molecule has 0 atom stereocenters. The molecule has 0 spiro atoms. The van der Waals surface area contributed by atoms with Gasteiger partial charge >= 0.3 is 0 Å². The Morgan fingerprint density at radius 3 is 3.00 bits per heavy atom. The average molecular weight is 107 g/mol. The number of pyridine rings is 1. The standard InChI is InChI=1S/C6H5NO/c1-8-6-3-2-4-7-5-6/h2,5H,1H3. The van der Waals surface area contributed by atoms with Crippen LogP contribution in [0.5, 0.6) is 5.75 Å². The van der Waals surface area contributed by atoms with E-state index >= 15 is 0 Å². The summed E-state index contributed by atoms with van der Waals surface area (Å²) in [5.74, 6) is 0.642. The lowest BCUT2D eigenvalue weighted by atomic mass is 10.5. The molecule has 0 aliphatic heterocycles. The fraction of sp³-hybridized carbons (Fsp3) is 0.167. The zero-order chi connectivity index (χ0) is 5.82. The predicted molar refractivity (Wildman–Crippen MR) is 28.5 cm³/mol. The topological polar surface area (TPSA) is 22.1 Å². The third-order valence-electron chi connectivity index (χ3n) is 0.755. The van der Waals surface area contributed by atoms with Crippen molar-refractivity contribution in [3.05, 3.63) is 24.5 Å². The van der Waals surface area contributed by atoms with Crippen LogP contribution in [0.4, 0.5) is 0 Å². The van der Waals surface area contributed by atoms with Gasteiger partial charge in [0.25, 0.3) is 0 Å². The Kier molecular flexibility index (Phi) is 1.47. The second kappa shape index (κ2) is 2.31. The van der Waals surface area contributed by atoms with E-state index in [1.807, 2.05) is 0 Å². The van der Waals surface area contributed by atoms with Gasteiger partial charge in [-0.1, -0.05) is 0 Å². The fourth-order valence-corrected chi connectivity index (χ4v) is 0.385. The summed E-state index contributed by atoms with van der Waals surface area (Å²) in [5, 5.41) is 0. The van der Waals surface area contributed by atoms with Crippen molar-refractivity contribution < 1.29 is 4.74 Å². The molecule has 0 N–H and O–H groups in total. The molecule has 0 fully saturated rings. The van der Waals surface area contributed by atoms with Crippen LogP contribution in [0.15, 0.2) is 12.3 Å². The molecule has 0 unspecified atom stereocenters. The number of aromatic nitrogens is 1. The highest BCUT2D eigenvalue weighted by Gasteiger charge is 1.83. The monoisotopic (exact) mass is 107 g/mol. The quantitative estimate of drug-likeness (QED) is 0.526. The summed E-state index contributed by atoms with van der Waals surface area (Å²) < 4.78 is 4.78. The normalized spacial score (nSPS) is 8.62. The van der Waals surface area contributed by atoms with E-state index in [-0.39, 0.29) is 0 Å². The molecule has 2 heteroatoms. The first-order chi connectivity index (χ1) is 3.93. The Hall–Kier alpha value is -1.05. The molecular weight excluding hydrogens is 102 g/mol. The third kappa shape index (κ3) is 0.964. The van der Waals surface area contributed by atoms with Crippen molar-refractivity contribution in [2.45, 2.75) is 0 Å². The average Bonchev–Trinajstić information content (AvgIpc) is 1.90. The Morgan fingerprint density at radius 1 is 1.75 bits per heavy atom. The Balaban J connectivity index is 2.83. The molecule has 0 aliphatic carbocycles. The van der Waals surface area contributed by atoms with Crippen molar-refractivity contribution in [1.82, 2.24) is 4.98 Å². The van der Waals surface area contributed by atoms with Crippen LogP contribution in [0.2, 0.25) is 0 Å². The summed E-state index contributed by atoms with van der Waals surface area (Å²) in [6, 6.07) is 4.36. The van der Waals surface area contributed by atoms with Gasteiger partial charge < -0.3 is 4.74 Å². The van der Waals surface area contributed by atoms with Crippen LogP contribution < -0.4 is 4.74 Å². The summed E-state index contributed by atoms with van der Waals surface area (Å²) in [6.07, 6.45) is 4.14. The minimum absolute atomic E-state index is 0.642. The molecule has 1 rings (SSSR count). The maximum atomic E-state index is 4.78. The van der Waals surface area contributed by atoms with Crippen LogP contribution in [-0.4, -0.2) is 12.1 Å². The van der Waals surface area contributed by atoms with E-state index in [0.29, 0.717) is 5.75 Å². The zero-order valence-corrected chi connectivity index (χ0v) is 4.51. The summed E-state index contributed by atoms with van der Waals surface area (Å²) in [7, 11) is 1.58. The van der Waals surface area contributed by atoms with Gasteiger partial charge in [-0.15, -0.1) is 0 Å². The van der Waals surface area contributed by atoms with Crippen LogP contribution in [0.1, 0.15) is 0 Å². The zero-order valence-electron chi connectivity index (χ0n) is 4.51. The Bertz CT molecular complexity index is 150. The third-order valence-corrected chi connectivity index (χ3v) is 0.755. The van der Waals surface area contributed by atoms with E-state index < -0.39 is 0 Å². The van der Waals surface area contributed by atoms with E-state index in [4.69, 9.17) is 4.74 Å². The molecule has 0 saturated carbocycles. The van der Waals surface area contributed by atoms with Crippen molar-refractivity contribution in [3.8, 4) is 5.75 Å². The highest BCUT2D eigenvalue weighted by molar-refractivity contribution is 5.12. The summed E-state index contributed by atoms with van der Waals surface area (Å²) >= 11 is 0. The van der Waals surface area contributed by atoms with Gasteiger partial charge in [0.15, 0.2) is 0 Å². The molecule has 0 amide bonds. The largest absolute Gasteiger partial charge is 0.494 e. The molecule has 0 bridgehead atoms. The lowest BCUT2D eigenvalue weighted by Crippen LogP contribution is -1.81. The molecule has 2 nitrogen and oxygen atoms in total. The lowest BCUT2D eigenvalue weighted by molar-refractivity contribution is 0.412. The first kappa shape index (κ1) is 5.09. The van der Waals surface area contributed by atoms with Crippen LogP contribution >= 0.6 is 0 Å². The summed E-state index contributed by atoms with van der Waals surface area (Å²) in [6.45, 7) is 0. The molecule has 2 radical (unpaired) electrons. The smallest absolute Gasteiger partial charge is 0.145 e. The SMILES string of the molecule is COc1[c]c[c]nc1. The maximum absolute atomic E-state index is 4.78. The number of hydrogen-bond donors (Lipinski definition) is 0. The van der Waals surface area contributed by atoms with Gasteiger partial charge in [0.2, 0.25) is 0 Å². The molecule has 8 heavy (non-hydrogen) atoms. The van der Waals surface area contributed by atoms with Crippen molar-refractivity contribution >= 4 is 0 Å². The number of methoxy groups -OCH3 is 1. The van der Waals surface area contributed by atoms with Crippen molar-refractivity contribution in [3.63, 3.8) is 0 Å². The number of nitrogens with zero attached hydrogens (tertiary/aromatic N) is 1. The van der Waals surface area contributed by atoms with Gasteiger partial charge in [-0.2, -0.15) is 0 Å². The molecule has 40 valence electrons.